The first kappa shape index (κ1) is 12.0. The predicted octanol–water partition coefficient (Wildman–Crippen LogP) is 2.36. The number of rotatable bonds is 4. The average molecular weight is 344 g/mol. The van der Waals surface area contributed by atoms with E-state index in [2.05, 4.69) is 32.8 Å². The maximum atomic E-state index is 10.4. The number of nitrogens with zero attached hydrogens (tertiary/aromatic N) is 2. The highest BCUT2D eigenvalue weighted by atomic mass is 127. The van der Waals surface area contributed by atoms with Crippen LogP contribution >= 0.6 is 22.6 Å². The number of carboxylic acids is 1. The normalized spacial score (nSPS) is 10.4. The fraction of sp³-hybridized carbons (Fsp3) is 0.182. The first-order valence-electron chi connectivity index (χ1n) is 4.95. The Morgan fingerprint density at radius 2 is 2.24 bits per heavy atom. The molecule has 0 fully saturated rings. The third-order valence-electron chi connectivity index (χ3n) is 2.09. The molecule has 1 heterocycles. The van der Waals surface area contributed by atoms with Gasteiger partial charge in [0, 0.05) is 15.6 Å². The highest BCUT2D eigenvalue weighted by Gasteiger charge is 2.09. The van der Waals surface area contributed by atoms with Crippen LogP contribution in [0, 0.1) is 3.57 Å². The minimum Gasteiger partial charge on any atom is -0.481 e. The van der Waals surface area contributed by atoms with Crippen molar-refractivity contribution < 1.29 is 14.3 Å². The van der Waals surface area contributed by atoms with Gasteiger partial charge in [0.15, 0.2) is 0 Å². The summed E-state index contributed by atoms with van der Waals surface area (Å²) in [5.41, 5.74) is 0.839. The molecule has 5 nitrogen and oxygen atoms in total. The molecule has 88 valence electrons. The SMILES string of the molecule is O=C(O)CCc1nnc(-c2cccc(I)c2)o1. The smallest absolute Gasteiger partial charge is 0.303 e. The summed E-state index contributed by atoms with van der Waals surface area (Å²) in [4.78, 5) is 10.4. The molecule has 0 spiro atoms. The second-order valence-electron chi connectivity index (χ2n) is 3.41. The zero-order valence-electron chi connectivity index (χ0n) is 8.76. The number of halogens is 1. The Kier molecular flexibility index (Phi) is 3.72. The van der Waals surface area contributed by atoms with Gasteiger partial charge in [-0.05, 0) is 40.8 Å². The Balaban J connectivity index is 2.15. The Bertz CT molecular complexity index is 539. The molecule has 0 saturated carbocycles. The quantitative estimate of drug-likeness (QED) is 0.862. The summed E-state index contributed by atoms with van der Waals surface area (Å²) < 4.78 is 6.46. The zero-order valence-corrected chi connectivity index (χ0v) is 10.9. The first-order chi connectivity index (χ1) is 8.15. The van der Waals surface area contributed by atoms with E-state index < -0.39 is 5.97 Å². The summed E-state index contributed by atoms with van der Waals surface area (Å²) in [5, 5.41) is 16.2. The molecule has 0 radical (unpaired) electrons. The molecule has 0 unspecified atom stereocenters. The van der Waals surface area contributed by atoms with Crippen LogP contribution in [0.1, 0.15) is 12.3 Å². The maximum absolute atomic E-state index is 10.4. The Labute approximate surface area is 111 Å². The molecule has 2 aromatic rings. The monoisotopic (exact) mass is 344 g/mol. The standard InChI is InChI=1S/C11H9IN2O3/c12-8-3-1-2-7(6-8)11-14-13-9(17-11)4-5-10(15)16/h1-3,6H,4-5H2,(H,15,16). The van der Waals surface area contributed by atoms with Crippen LogP contribution in [-0.4, -0.2) is 21.3 Å². The number of hydrogen-bond donors (Lipinski definition) is 1. The fourth-order valence-corrected chi connectivity index (χ4v) is 1.85. The Hall–Kier alpha value is -1.44. The van der Waals surface area contributed by atoms with Crippen molar-refractivity contribution in [2.45, 2.75) is 12.8 Å². The summed E-state index contributed by atoms with van der Waals surface area (Å²) in [6, 6.07) is 7.66. The van der Waals surface area contributed by atoms with Crippen LogP contribution in [0.4, 0.5) is 0 Å². The van der Waals surface area contributed by atoms with Crippen LogP contribution < -0.4 is 0 Å². The third kappa shape index (κ3) is 3.26. The summed E-state index contributed by atoms with van der Waals surface area (Å²) in [5.74, 6) is -0.107. The summed E-state index contributed by atoms with van der Waals surface area (Å²) in [6.45, 7) is 0. The van der Waals surface area contributed by atoms with Crippen molar-refractivity contribution in [2.24, 2.45) is 0 Å². The Morgan fingerprint density at radius 1 is 1.41 bits per heavy atom. The molecule has 0 saturated heterocycles. The van der Waals surface area contributed by atoms with E-state index in [0.29, 0.717) is 11.8 Å². The van der Waals surface area contributed by atoms with E-state index >= 15 is 0 Å². The largest absolute Gasteiger partial charge is 0.481 e. The van der Waals surface area contributed by atoms with Crippen LogP contribution in [-0.2, 0) is 11.2 Å². The van der Waals surface area contributed by atoms with Crippen molar-refractivity contribution in [1.82, 2.24) is 10.2 Å². The minimum absolute atomic E-state index is 0.00599. The number of benzene rings is 1. The second kappa shape index (κ2) is 5.26. The number of aliphatic carboxylic acids is 1. The molecule has 0 atom stereocenters. The molecule has 0 aliphatic heterocycles. The minimum atomic E-state index is -0.876. The van der Waals surface area contributed by atoms with Crippen LogP contribution in [0.5, 0.6) is 0 Å². The van der Waals surface area contributed by atoms with Gasteiger partial charge in [-0.2, -0.15) is 0 Å². The number of carboxylic acid groups (broad SMARTS) is 1. The second-order valence-corrected chi connectivity index (χ2v) is 4.65. The van der Waals surface area contributed by atoms with Gasteiger partial charge in [0.2, 0.25) is 11.8 Å². The van der Waals surface area contributed by atoms with Crippen molar-refractivity contribution in [1.29, 1.82) is 0 Å². The molecule has 0 aliphatic rings. The van der Waals surface area contributed by atoms with Crippen molar-refractivity contribution >= 4 is 28.6 Å². The first-order valence-corrected chi connectivity index (χ1v) is 6.03. The van der Waals surface area contributed by atoms with Crippen molar-refractivity contribution in [3.05, 3.63) is 33.7 Å². The molecule has 6 heteroatoms. The van der Waals surface area contributed by atoms with Gasteiger partial charge in [-0.1, -0.05) is 6.07 Å². The molecule has 0 amide bonds. The molecule has 2 rings (SSSR count). The van der Waals surface area contributed by atoms with Crippen LogP contribution in [0.15, 0.2) is 28.7 Å². The highest BCUT2D eigenvalue weighted by molar-refractivity contribution is 14.1. The maximum Gasteiger partial charge on any atom is 0.303 e. The van der Waals surface area contributed by atoms with Crippen LogP contribution in [0.2, 0.25) is 0 Å². The lowest BCUT2D eigenvalue weighted by molar-refractivity contribution is -0.137. The summed E-state index contributed by atoms with van der Waals surface area (Å²) >= 11 is 2.20. The van der Waals surface area contributed by atoms with Gasteiger partial charge in [0.1, 0.15) is 0 Å². The van der Waals surface area contributed by atoms with Gasteiger partial charge < -0.3 is 9.52 Å². The molecular weight excluding hydrogens is 335 g/mol. The topological polar surface area (TPSA) is 76.2 Å². The molecule has 1 aromatic carbocycles. The van der Waals surface area contributed by atoms with Crippen molar-refractivity contribution in [3.63, 3.8) is 0 Å². The van der Waals surface area contributed by atoms with E-state index in [9.17, 15) is 4.79 Å². The Morgan fingerprint density at radius 3 is 2.94 bits per heavy atom. The molecule has 17 heavy (non-hydrogen) atoms. The summed E-state index contributed by atoms with van der Waals surface area (Å²) in [7, 11) is 0. The van der Waals surface area contributed by atoms with Crippen LogP contribution in [0.3, 0.4) is 0 Å². The van der Waals surface area contributed by atoms with Gasteiger partial charge in [-0.3, -0.25) is 4.79 Å². The predicted molar refractivity (Wildman–Crippen MR) is 68.4 cm³/mol. The molecule has 1 N–H and O–H groups in total. The molecule has 0 aliphatic carbocycles. The van der Waals surface area contributed by atoms with Crippen molar-refractivity contribution in [3.8, 4) is 11.5 Å². The lowest BCUT2D eigenvalue weighted by Crippen LogP contribution is -1.97. The van der Waals surface area contributed by atoms with E-state index in [4.69, 9.17) is 9.52 Å². The number of aryl methyl sites for hydroxylation is 1. The van der Waals surface area contributed by atoms with E-state index in [0.717, 1.165) is 9.13 Å². The van der Waals surface area contributed by atoms with Gasteiger partial charge in [-0.25, -0.2) is 0 Å². The lowest BCUT2D eigenvalue weighted by Gasteiger charge is -1.95. The van der Waals surface area contributed by atoms with Gasteiger partial charge in [-0.15, -0.1) is 10.2 Å². The van der Waals surface area contributed by atoms with Crippen molar-refractivity contribution in [2.75, 3.05) is 0 Å². The van der Waals surface area contributed by atoms with E-state index in [-0.39, 0.29) is 12.8 Å². The van der Waals surface area contributed by atoms with E-state index in [1.54, 1.807) is 0 Å². The number of hydrogen-bond acceptors (Lipinski definition) is 4. The number of carbonyl (C=O) groups is 1. The third-order valence-corrected chi connectivity index (χ3v) is 2.76. The highest BCUT2D eigenvalue weighted by Crippen LogP contribution is 2.20. The molecular formula is C11H9IN2O3. The van der Waals surface area contributed by atoms with Gasteiger partial charge in [0.25, 0.3) is 0 Å². The molecule has 0 bridgehead atoms. The lowest BCUT2D eigenvalue weighted by atomic mass is 10.2. The fourth-order valence-electron chi connectivity index (χ4n) is 1.31. The molecule has 1 aromatic heterocycles. The van der Waals surface area contributed by atoms with Gasteiger partial charge >= 0.3 is 5.97 Å². The average Bonchev–Trinajstić information content (AvgIpc) is 2.75. The summed E-state index contributed by atoms with van der Waals surface area (Å²) in [6.07, 6.45) is 0.250. The van der Waals surface area contributed by atoms with E-state index in [1.807, 2.05) is 24.3 Å². The van der Waals surface area contributed by atoms with Gasteiger partial charge in [0.05, 0.1) is 6.42 Å². The number of aromatic nitrogens is 2. The van der Waals surface area contributed by atoms with Crippen LogP contribution in [0.25, 0.3) is 11.5 Å². The zero-order chi connectivity index (χ0) is 12.3. The van der Waals surface area contributed by atoms with E-state index in [1.165, 1.54) is 0 Å².